The number of unbranched alkanes of at least 4 members (excludes halogenated alkanes) is 54. The van der Waals surface area contributed by atoms with Gasteiger partial charge < -0.3 is 20.1 Å². The molecule has 0 aliphatic carbocycles. The van der Waals surface area contributed by atoms with Crippen LogP contribution in [0.4, 0.5) is 0 Å². The highest BCUT2D eigenvalue weighted by Gasteiger charge is 2.26. The first-order valence-electron chi connectivity index (χ1n) is 43.7. The van der Waals surface area contributed by atoms with Gasteiger partial charge in [-0.05, 0) is 96.3 Å². The Balaban J connectivity index is 3.73. The van der Waals surface area contributed by atoms with E-state index in [1.807, 2.05) is 0 Å². The number of esters is 2. The maximum Gasteiger partial charge on any atom is 0.472 e. The van der Waals surface area contributed by atoms with Crippen molar-refractivity contribution < 1.29 is 37.6 Å². The molecule has 0 saturated carbocycles. The summed E-state index contributed by atoms with van der Waals surface area (Å²) < 4.78 is 33.3. The van der Waals surface area contributed by atoms with E-state index in [0.717, 1.165) is 77.0 Å². The lowest BCUT2D eigenvalue weighted by atomic mass is 10.0. The van der Waals surface area contributed by atoms with Crippen molar-refractivity contribution in [2.24, 2.45) is 5.73 Å². The lowest BCUT2D eigenvalue weighted by Crippen LogP contribution is -2.29. The second-order valence-corrected chi connectivity index (χ2v) is 30.8. The molecule has 0 rings (SSSR count). The van der Waals surface area contributed by atoms with E-state index in [9.17, 15) is 19.0 Å². The fraction of sp³-hybridized carbons (Fsp3) is 0.802. The van der Waals surface area contributed by atoms with Gasteiger partial charge >= 0.3 is 19.8 Å². The minimum Gasteiger partial charge on any atom is -0.462 e. The summed E-state index contributed by atoms with van der Waals surface area (Å²) in [6, 6.07) is 0. The normalized spacial score (nSPS) is 13.3. The van der Waals surface area contributed by atoms with Gasteiger partial charge in [0.05, 0.1) is 13.2 Å². The number of rotatable bonds is 83. The molecule has 588 valence electrons. The second kappa shape index (κ2) is 85.9. The first-order chi connectivity index (χ1) is 49.8. The number of hydrogen-bond donors (Lipinski definition) is 2. The molecule has 2 unspecified atom stereocenters. The van der Waals surface area contributed by atoms with Crippen LogP contribution in [0.15, 0.2) is 97.2 Å². The van der Waals surface area contributed by atoms with Crippen LogP contribution in [0.3, 0.4) is 0 Å². The Morgan fingerprint density at radius 1 is 0.307 bits per heavy atom. The molecule has 0 aliphatic rings. The van der Waals surface area contributed by atoms with Gasteiger partial charge in [-0.3, -0.25) is 18.6 Å². The third kappa shape index (κ3) is 85.7. The number of carbonyl (C=O) groups excluding carboxylic acids is 2. The molecule has 0 aromatic rings. The molecular formula is C91H166NO8P. The summed E-state index contributed by atoms with van der Waals surface area (Å²) in [6.07, 6.45) is 119. The van der Waals surface area contributed by atoms with Gasteiger partial charge in [-0.1, -0.05) is 426 Å². The Hall–Kier alpha value is -3.07. The number of nitrogens with two attached hydrogens (primary N) is 1. The fourth-order valence-corrected chi connectivity index (χ4v) is 13.8. The van der Waals surface area contributed by atoms with E-state index < -0.39 is 26.5 Å². The molecule has 0 spiro atoms. The van der Waals surface area contributed by atoms with Crippen LogP contribution in [-0.2, 0) is 32.7 Å². The van der Waals surface area contributed by atoms with Gasteiger partial charge in [-0.15, -0.1) is 0 Å². The zero-order chi connectivity index (χ0) is 72.9. The van der Waals surface area contributed by atoms with Crippen molar-refractivity contribution in [2.45, 2.75) is 444 Å². The molecule has 0 bridgehead atoms. The monoisotopic (exact) mass is 1430 g/mol. The summed E-state index contributed by atoms with van der Waals surface area (Å²) in [5, 5.41) is 0. The molecule has 3 N–H and O–H groups in total. The smallest absolute Gasteiger partial charge is 0.462 e. The minimum atomic E-state index is -4.40. The number of phosphoric ester groups is 1. The first kappa shape index (κ1) is 97.9. The molecule has 9 nitrogen and oxygen atoms in total. The summed E-state index contributed by atoms with van der Waals surface area (Å²) in [7, 11) is -4.40. The maximum atomic E-state index is 12.8. The van der Waals surface area contributed by atoms with E-state index in [4.69, 9.17) is 24.3 Å². The van der Waals surface area contributed by atoms with E-state index >= 15 is 0 Å². The number of phosphoric acid groups is 1. The molecule has 2 atom stereocenters. The molecule has 101 heavy (non-hydrogen) atoms. The standard InChI is InChI=1S/C91H166NO8P/c1-3-5-7-9-11-13-15-17-19-21-23-25-27-29-31-33-35-37-39-41-43-44-46-47-49-51-53-55-57-59-61-63-65-67-69-71-73-75-77-79-81-83-90(93)97-87-89(88-99-101(95,96)98-86-85-92)100-91(94)84-82-80-78-76-74-72-70-68-66-64-62-60-58-56-54-52-50-48-45-42-40-38-36-34-32-30-28-26-24-22-20-18-16-14-12-10-8-6-4-2/h6,8,12,14-15,17-18,20-21,23-24,26,30,32,36,38,89H,3-5,7,9-11,13,16,19,22,25,27-29,31,33-35,37,39-88,92H2,1-2H3,(H,95,96)/b8-6-,14-12-,17-15-,20-18-,23-21-,26-24-,32-30-,38-36-. The van der Waals surface area contributed by atoms with Crippen LogP contribution in [0.25, 0.3) is 0 Å². The quantitative estimate of drug-likeness (QED) is 0.0264. The van der Waals surface area contributed by atoms with E-state index in [-0.39, 0.29) is 38.6 Å². The van der Waals surface area contributed by atoms with E-state index in [1.165, 1.54) is 327 Å². The molecule has 0 heterocycles. The fourth-order valence-electron chi connectivity index (χ4n) is 13.0. The summed E-state index contributed by atoms with van der Waals surface area (Å²) >= 11 is 0. The molecule has 0 amide bonds. The molecular weight excluding hydrogens is 1270 g/mol. The van der Waals surface area contributed by atoms with Crippen LogP contribution in [0.5, 0.6) is 0 Å². The molecule has 10 heteroatoms. The Bertz CT molecular complexity index is 1990. The highest BCUT2D eigenvalue weighted by Crippen LogP contribution is 2.43. The largest absolute Gasteiger partial charge is 0.472 e. The van der Waals surface area contributed by atoms with Crippen LogP contribution in [-0.4, -0.2) is 49.3 Å². The van der Waals surface area contributed by atoms with Crippen molar-refractivity contribution in [3.05, 3.63) is 97.2 Å². The highest BCUT2D eigenvalue weighted by atomic mass is 31.2. The predicted molar refractivity (Wildman–Crippen MR) is 441 cm³/mol. The Morgan fingerprint density at radius 2 is 0.545 bits per heavy atom. The summed E-state index contributed by atoms with van der Waals surface area (Å²) in [6.45, 7) is 3.69. The van der Waals surface area contributed by atoms with E-state index in [1.54, 1.807) is 0 Å². The van der Waals surface area contributed by atoms with Crippen LogP contribution < -0.4 is 5.73 Å². The molecule has 0 aromatic carbocycles. The molecule has 0 radical (unpaired) electrons. The molecule has 0 aromatic heterocycles. The van der Waals surface area contributed by atoms with Crippen LogP contribution in [0, 0.1) is 0 Å². The Kier molecular flexibility index (Phi) is 83.2. The predicted octanol–water partition coefficient (Wildman–Crippen LogP) is 29.8. The average molecular weight is 1430 g/mol. The minimum absolute atomic E-state index is 0.0541. The maximum absolute atomic E-state index is 12.8. The Labute approximate surface area is 627 Å². The molecule has 0 aliphatic heterocycles. The lowest BCUT2D eigenvalue weighted by molar-refractivity contribution is -0.161. The number of carbonyl (C=O) groups is 2. The van der Waals surface area contributed by atoms with Crippen LogP contribution in [0.1, 0.15) is 438 Å². The first-order valence-corrected chi connectivity index (χ1v) is 45.2. The van der Waals surface area contributed by atoms with Crippen molar-refractivity contribution in [1.29, 1.82) is 0 Å². The van der Waals surface area contributed by atoms with Gasteiger partial charge in [0.2, 0.25) is 0 Å². The summed E-state index contributed by atoms with van der Waals surface area (Å²) in [5.74, 6) is -0.805. The van der Waals surface area contributed by atoms with Crippen molar-refractivity contribution in [3.63, 3.8) is 0 Å². The number of ether oxygens (including phenoxy) is 2. The van der Waals surface area contributed by atoms with Crippen LogP contribution in [0.2, 0.25) is 0 Å². The van der Waals surface area contributed by atoms with Gasteiger partial charge in [-0.25, -0.2) is 4.57 Å². The summed E-state index contributed by atoms with van der Waals surface area (Å²) in [4.78, 5) is 35.5. The third-order valence-corrected chi connectivity index (χ3v) is 20.4. The topological polar surface area (TPSA) is 134 Å². The van der Waals surface area contributed by atoms with Gasteiger partial charge in [0.1, 0.15) is 6.61 Å². The van der Waals surface area contributed by atoms with Gasteiger partial charge in [0.25, 0.3) is 0 Å². The third-order valence-electron chi connectivity index (χ3n) is 19.5. The number of hydrogen-bond acceptors (Lipinski definition) is 8. The van der Waals surface area contributed by atoms with E-state index in [0.29, 0.717) is 6.42 Å². The molecule has 0 fully saturated rings. The van der Waals surface area contributed by atoms with Gasteiger partial charge in [-0.2, -0.15) is 0 Å². The Morgan fingerprint density at radius 3 is 0.812 bits per heavy atom. The van der Waals surface area contributed by atoms with E-state index in [2.05, 4.69) is 111 Å². The zero-order valence-corrected chi connectivity index (χ0v) is 67.5. The zero-order valence-electron chi connectivity index (χ0n) is 66.6. The highest BCUT2D eigenvalue weighted by molar-refractivity contribution is 7.47. The van der Waals surface area contributed by atoms with Gasteiger partial charge in [0, 0.05) is 19.4 Å². The molecule has 0 saturated heterocycles. The van der Waals surface area contributed by atoms with Crippen molar-refractivity contribution in [2.75, 3.05) is 26.4 Å². The van der Waals surface area contributed by atoms with Gasteiger partial charge in [0.15, 0.2) is 6.10 Å². The second-order valence-electron chi connectivity index (χ2n) is 29.4. The lowest BCUT2D eigenvalue weighted by Gasteiger charge is -2.19. The van der Waals surface area contributed by atoms with Crippen molar-refractivity contribution in [3.8, 4) is 0 Å². The number of allylic oxidation sites excluding steroid dienone is 16. The SMILES string of the molecule is CC/C=C\C/C=C\C/C=C\C/C=C\C/C=C\C/C=C\CCCCCCCCCCCCCCCCCCCCCCC(=O)OC(COC(=O)CCCCCCCCCCCCCCCCCCCCCCCCCCCCCCC/C=C\C/C=C\CCCCCCC)COP(=O)(O)OCCN. The summed E-state index contributed by atoms with van der Waals surface area (Å²) in [5.41, 5.74) is 5.42. The average Bonchev–Trinajstić information content (AvgIpc) is 1.01. The van der Waals surface area contributed by atoms with Crippen LogP contribution >= 0.6 is 7.82 Å². The van der Waals surface area contributed by atoms with Crippen molar-refractivity contribution >= 4 is 19.8 Å². The van der Waals surface area contributed by atoms with Crippen molar-refractivity contribution in [1.82, 2.24) is 0 Å².